The monoisotopic (exact) mass is 293 g/mol. The number of rotatable bonds is 4. The van der Waals surface area contributed by atoms with Crippen molar-refractivity contribution in [1.29, 1.82) is 0 Å². The quantitative estimate of drug-likeness (QED) is 0.639. The maximum Gasteiger partial charge on any atom is 0.311 e. The maximum atomic E-state index is 11.1. The number of nitro groups is 1. The number of aromatic nitrogens is 2. The van der Waals surface area contributed by atoms with E-state index in [0.29, 0.717) is 11.3 Å². The van der Waals surface area contributed by atoms with Crippen LogP contribution in [0.2, 0.25) is 5.15 Å². The Morgan fingerprint density at radius 2 is 2.05 bits per heavy atom. The Morgan fingerprint density at radius 3 is 2.65 bits per heavy atom. The van der Waals surface area contributed by atoms with Crippen molar-refractivity contribution < 1.29 is 9.66 Å². The fraction of sp³-hybridized carbons (Fsp3) is 0.231. The van der Waals surface area contributed by atoms with E-state index in [1.165, 1.54) is 6.07 Å². The first kappa shape index (κ1) is 14.2. The zero-order valence-electron chi connectivity index (χ0n) is 11.0. The molecule has 0 spiro atoms. The van der Waals surface area contributed by atoms with Gasteiger partial charge in [0.05, 0.1) is 4.92 Å². The summed E-state index contributed by atoms with van der Waals surface area (Å²) in [5, 5.41) is 18.9. The number of halogens is 1. The molecule has 0 fully saturated rings. The minimum absolute atomic E-state index is 0.0515. The lowest BCUT2D eigenvalue weighted by Crippen LogP contribution is -2.03. The molecule has 0 saturated heterocycles. The summed E-state index contributed by atoms with van der Waals surface area (Å²) < 4.78 is 5.52. The number of ether oxygens (including phenoxy) is 1. The molecule has 7 heteroatoms. The SMILES string of the molecule is Cc1cc(C)c(OCc2ccc(Cl)nn2)c([N+](=O)[O-])c1. The van der Waals surface area contributed by atoms with Crippen molar-refractivity contribution in [3.63, 3.8) is 0 Å². The molecule has 6 nitrogen and oxygen atoms in total. The highest BCUT2D eigenvalue weighted by molar-refractivity contribution is 6.29. The standard InChI is InChI=1S/C13H12ClN3O3/c1-8-5-9(2)13(11(6-8)17(18)19)20-7-10-3-4-12(14)16-15-10/h3-6H,7H2,1-2H3. The van der Waals surface area contributed by atoms with Gasteiger partial charge in [-0.1, -0.05) is 17.7 Å². The predicted molar refractivity (Wildman–Crippen MR) is 73.9 cm³/mol. The zero-order valence-corrected chi connectivity index (χ0v) is 11.7. The Hall–Kier alpha value is -2.21. The van der Waals surface area contributed by atoms with Crippen molar-refractivity contribution >= 4 is 17.3 Å². The van der Waals surface area contributed by atoms with Gasteiger partial charge in [-0.2, -0.15) is 5.10 Å². The summed E-state index contributed by atoms with van der Waals surface area (Å²) in [4.78, 5) is 10.6. The second kappa shape index (κ2) is 5.83. The second-order valence-electron chi connectivity index (χ2n) is 4.32. The van der Waals surface area contributed by atoms with Crippen LogP contribution in [0.4, 0.5) is 5.69 Å². The van der Waals surface area contributed by atoms with E-state index >= 15 is 0 Å². The van der Waals surface area contributed by atoms with Gasteiger partial charge in [-0.25, -0.2) is 0 Å². The summed E-state index contributed by atoms with van der Waals surface area (Å²) in [6, 6.07) is 6.56. The molecule has 1 heterocycles. The molecule has 0 unspecified atom stereocenters. The third-order valence-corrected chi connectivity index (χ3v) is 2.85. The topological polar surface area (TPSA) is 78.2 Å². The molecule has 0 atom stereocenters. The van der Waals surface area contributed by atoms with E-state index in [0.717, 1.165) is 5.56 Å². The number of aryl methyl sites for hydroxylation is 2. The van der Waals surface area contributed by atoms with E-state index in [1.54, 1.807) is 26.0 Å². The second-order valence-corrected chi connectivity index (χ2v) is 4.71. The van der Waals surface area contributed by atoms with Gasteiger partial charge in [-0.05, 0) is 37.1 Å². The summed E-state index contributed by atoms with van der Waals surface area (Å²) in [5.41, 5.74) is 2.01. The molecule has 0 radical (unpaired) electrons. The first-order valence-corrected chi connectivity index (χ1v) is 6.21. The van der Waals surface area contributed by atoms with Crippen LogP contribution >= 0.6 is 11.6 Å². The van der Waals surface area contributed by atoms with Crippen LogP contribution in [0.5, 0.6) is 5.75 Å². The highest BCUT2D eigenvalue weighted by Crippen LogP contribution is 2.32. The molecule has 1 aromatic heterocycles. The van der Waals surface area contributed by atoms with Crippen LogP contribution in [0, 0.1) is 24.0 Å². The van der Waals surface area contributed by atoms with Crippen LogP contribution in [0.25, 0.3) is 0 Å². The highest BCUT2D eigenvalue weighted by Gasteiger charge is 2.18. The summed E-state index contributed by atoms with van der Waals surface area (Å²) in [6.07, 6.45) is 0. The van der Waals surface area contributed by atoms with Gasteiger partial charge < -0.3 is 4.74 Å². The van der Waals surface area contributed by atoms with Crippen molar-refractivity contribution in [1.82, 2.24) is 10.2 Å². The van der Waals surface area contributed by atoms with Gasteiger partial charge in [0.1, 0.15) is 12.3 Å². The van der Waals surface area contributed by atoms with E-state index < -0.39 is 4.92 Å². The van der Waals surface area contributed by atoms with E-state index in [-0.39, 0.29) is 23.2 Å². The van der Waals surface area contributed by atoms with Crippen molar-refractivity contribution in [2.75, 3.05) is 0 Å². The van der Waals surface area contributed by atoms with Crippen LogP contribution in [0.1, 0.15) is 16.8 Å². The maximum absolute atomic E-state index is 11.1. The van der Waals surface area contributed by atoms with Gasteiger partial charge in [0.15, 0.2) is 10.9 Å². The minimum atomic E-state index is -0.455. The first-order chi connectivity index (χ1) is 9.47. The van der Waals surface area contributed by atoms with E-state index in [1.807, 2.05) is 6.07 Å². The van der Waals surface area contributed by atoms with Crippen LogP contribution in [0.3, 0.4) is 0 Å². The molecule has 1 aromatic carbocycles. The van der Waals surface area contributed by atoms with Crippen molar-refractivity contribution in [2.45, 2.75) is 20.5 Å². The highest BCUT2D eigenvalue weighted by atomic mass is 35.5. The van der Waals surface area contributed by atoms with Crippen LogP contribution in [-0.4, -0.2) is 15.1 Å². The van der Waals surface area contributed by atoms with E-state index in [4.69, 9.17) is 16.3 Å². The lowest BCUT2D eigenvalue weighted by molar-refractivity contribution is -0.386. The predicted octanol–water partition coefficient (Wildman–Crippen LogP) is 3.23. The molecule has 0 saturated carbocycles. The molecule has 0 aliphatic carbocycles. The third-order valence-electron chi connectivity index (χ3n) is 2.65. The van der Waals surface area contributed by atoms with Gasteiger partial charge in [0.2, 0.25) is 0 Å². The fourth-order valence-corrected chi connectivity index (χ4v) is 1.92. The summed E-state index contributed by atoms with van der Waals surface area (Å²) in [5.74, 6) is 0.248. The van der Waals surface area contributed by atoms with Gasteiger partial charge in [-0.15, -0.1) is 5.10 Å². The van der Waals surface area contributed by atoms with Gasteiger partial charge in [0.25, 0.3) is 0 Å². The third kappa shape index (κ3) is 3.21. The Kier molecular flexibility index (Phi) is 4.14. The number of benzene rings is 1. The normalized spacial score (nSPS) is 10.3. The summed E-state index contributed by atoms with van der Waals surface area (Å²) in [7, 11) is 0. The van der Waals surface area contributed by atoms with Gasteiger partial charge in [-0.3, -0.25) is 10.1 Å². The number of hydrogen-bond donors (Lipinski definition) is 0. The number of nitro benzene ring substituents is 1. The molecule has 0 N–H and O–H groups in total. The first-order valence-electron chi connectivity index (χ1n) is 5.84. The fourth-order valence-electron chi connectivity index (χ4n) is 1.82. The lowest BCUT2D eigenvalue weighted by atomic mass is 10.1. The molecule has 0 aliphatic rings. The summed E-state index contributed by atoms with van der Waals surface area (Å²) in [6.45, 7) is 3.66. The van der Waals surface area contributed by atoms with Crippen LogP contribution in [0.15, 0.2) is 24.3 Å². The largest absolute Gasteiger partial charge is 0.480 e. The van der Waals surface area contributed by atoms with Crippen LogP contribution < -0.4 is 4.74 Å². The Morgan fingerprint density at radius 1 is 1.30 bits per heavy atom. The summed E-state index contributed by atoms with van der Waals surface area (Å²) >= 11 is 5.63. The minimum Gasteiger partial charge on any atom is -0.480 e. The average Bonchev–Trinajstić information content (AvgIpc) is 2.38. The van der Waals surface area contributed by atoms with Gasteiger partial charge in [0, 0.05) is 6.07 Å². The lowest BCUT2D eigenvalue weighted by Gasteiger charge is -2.09. The molecule has 104 valence electrons. The molecular weight excluding hydrogens is 282 g/mol. The zero-order chi connectivity index (χ0) is 14.7. The van der Waals surface area contributed by atoms with Crippen LogP contribution in [-0.2, 0) is 6.61 Å². The van der Waals surface area contributed by atoms with Crippen molar-refractivity contribution in [2.24, 2.45) is 0 Å². The van der Waals surface area contributed by atoms with E-state index in [2.05, 4.69) is 10.2 Å². The van der Waals surface area contributed by atoms with E-state index in [9.17, 15) is 10.1 Å². The smallest absolute Gasteiger partial charge is 0.311 e. The molecule has 0 amide bonds. The molecule has 2 aromatic rings. The molecule has 0 bridgehead atoms. The average molecular weight is 294 g/mol. The van der Waals surface area contributed by atoms with Crippen molar-refractivity contribution in [3.05, 3.63) is 56.4 Å². The van der Waals surface area contributed by atoms with Gasteiger partial charge >= 0.3 is 5.69 Å². The van der Waals surface area contributed by atoms with Crippen molar-refractivity contribution in [3.8, 4) is 5.75 Å². The Bertz CT molecular complexity index is 644. The Balaban J connectivity index is 2.24. The molecular formula is C13H12ClN3O3. The number of hydrogen-bond acceptors (Lipinski definition) is 5. The molecule has 2 rings (SSSR count). The Labute approximate surface area is 120 Å². The number of nitrogens with zero attached hydrogens (tertiary/aromatic N) is 3. The molecule has 0 aliphatic heterocycles. The molecule has 20 heavy (non-hydrogen) atoms.